The van der Waals surface area contributed by atoms with Gasteiger partial charge in [0.25, 0.3) is 0 Å². The molecule has 2 aliphatic rings. The van der Waals surface area contributed by atoms with Crippen molar-refractivity contribution in [1.82, 2.24) is 0 Å². The smallest absolute Gasteiger partial charge is 0.562 e. The van der Waals surface area contributed by atoms with E-state index in [-0.39, 0.29) is 12.3 Å². The first-order chi connectivity index (χ1) is 22.4. The normalized spacial score (nSPS) is 21.4. The largest absolute Gasteiger partial charge is 0.637 e. The number of halogens is 5. The van der Waals surface area contributed by atoms with Gasteiger partial charge in [-0.1, -0.05) is 121 Å². The van der Waals surface area contributed by atoms with Crippen molar-refractivity contribution in [2.45, 2.75) is 18.2 Å². The molecule has 9 heteroatoms. The summed E-state index contributed by atoms with van der Waals surface area (Å²) in [4.78, 5) is 0.367. The summed E-state index contributed by atoms with van der Waals surface area (Å²) in [5.74, 6) is -10.1. The predicted molar refractivity (Wildman–Crippen MR) is 165 cm³/mol. The van der Waals surface area contributed by atoms with Crippen molar-refractivity contribution < 1.29 is 36.1 Å². The fraction of sp³-hybridized carbons (Fsp3) is 0.0811. The van der Waals surface area contributed by atoms with Gasteiger partial charge in [0, 0.05) is 16.6 Å². The highest BCUT2D eigenvalue weighted by atomic mass is 19.2. The monoisotopic (exact) mass is 621 g/mol. The van der Waals surface area contributed by atoms with E-state index in [0.717, 1.165) is 21.9 Å². The third-order valence-corrected chi connectivity index (χ3v) is 9.45. The van der Waals surface area contributed by atoms with Gasteiger partial charge in [-0.2, -0.15) is 0 Å². The summed E-state index contributed by atoms with van der Waals surface area (Å²) < 4.78 is 90.8. The lowest BCUT2D eigenvalue weighted by atomic mass is 9.59. The molecule has 3 atom stereocenters. The van der Waals surface area contributed by atoms with Crippen LogP contribution in [0.3, 0.4) is 0 Å². The summed E-state index contributed by atoms with van der Waals surface area (Å²) in [5.41, 5.74) is 0.0807. The molecular weight excluding hydrogens is 596 g/mol. The molecule has 1 fully saturated rings. The Bertz CT molecular complexity index is 2050. The Morgan fingerprint density at radius 1 is 0.587 bits per heavy atom. The lowest BCUT2D eigenvalue weighted by Gasteiger charge is -2.46. The van der Waals surface area contributed by atoms with Gasteiger partial charge >= 0.3 is 6.69 Å². The van der Waals surface area contributed by atoms with E-state index in [1.807, 2.05) is 115 Å². The lowest BCUT2D eigenvalue weighted by Crippen LogP contribution is -3.24. The molecule has 0 bridgehead atoms. The highest BCUT2D eigenvalue weighted by molar-refractivity contribution is 6.75. The molecule has 0 radical (unpaired) electrons. The number of fused-ring (bicyclic) bond motifs is 4. The first-order valence-electron chi connectivity index (χ1n) is 14.9. The van der Waals surface area contributed by atoms with Crippen LogP contribution in [0.15, 0.2) is 127 Å². The van der Waals surface area contributed by atoms with E-state index in [4.69, 9.17) is 9.31 Å². The first-order valence-corrected chi connectivity index (χ1v) is 14.9. The molecule has 2 aliphatic heterocycles. The van der Waals surface area contributed by atoms with Gasteiger partial charge in [-0.3, -0.25) is 0 Å². The van der Waals surface area contributed by atoms with Crippen LogP contribution in [0.25, 0.3) is 10.8 Å². The SMILES string of the molecule is Fc1c(F)c(F)c([B-]23Oc4ccc5ccccc5c4C[NH+]2[C@H](c2ccccc2)C(c2ccccc2)(c2ccccc2)O3)c(F)c1F. The zero-order valence-electron chi connectivity index (χ0n) is 24.2. The standard InChI is InChI=1S/C37H25BF5NO2/c39-31-30(32(40)34(42)35(43)33(31)41)38-44(22-28-27-19-11-10-12-23(27)20-21-29(28)45-38)36(24-13-4-1-5-14-24)37(46-38,25-15-6-2-7-16-25)26-17-8-3-9-18-26/h1-21,36,44H,22H2/t36-,38?/m1/s1. The second kappa shape index (κ2) is 10.5. The van der Waals surface area contributed by atoms with Gasteiger partial charge in [0.05, 0.1) is 12.3 Å². The first kappa shape index (κ1) is 28.5. The Hall–Kier alpha value is -4.99. The molecule has 8 rings (SSSR count). The van der Waals surface area contributed by atoms with Gasteiger partial charge in [-0.15, -0.1) is 0 Å². The van der Waals surface area contributed by atoms with E-state index in [0.29, 0.717) is 15.9 Å². The number of benzene rings is 6. The maximum atomic E-state index is 16.2. The minimum atomic E-state index is -3.53. The quantitative estimate of drug-likeness (QED) is 0.101. The Morgan fingerprint density at radius 2 is 1.11 bits per heavy atom. The predicted octanol–water partition coefficient (Wildman–Crippen LogP) is 6.87. The molecular formula is C37H25BF5NO2. The molecule has 0 saturated carbocycles. The van der Waals surface area contributed by atoms with Crippen LogP contribution in [0.5, 0.6) is 5.75 Å². The molecule has 0 aliphatic carbocycles. The van der Waals surface area contributed by atoms with Crippen LogP contribution < -0.4 is 14.9 Å². The van der Waals surface area contributed by atoms with E-state index in [9.17, 15) is 4.39 Å². The zero-order chi connectivity index (χ0) is 31.6. The average Bonchev–Trinajstić information content (AvgIpc) is 3.41. The fourth-order valence-electron chi connectivity index (χ4n) is 7.57. The number of hydrogen-bond acceptors (Lipinski definition) is 2. The summed E-state index contributed by atoms with van der Waals surface area (Å²) in [6, 6.07) is 37.9. The van der Waals surface area contributed by atoms with Crippen molar-refractivity contribution in [2.24, 2.45) is 0 Å². The Morgan fingerprint density at radius 3 is 1.72 bits per heavy atom. The number of rotatable bonds is 4. The Labute approximate surface area is 261 Å². The second-order valence-corrected chi connectivity index (χ2v) is 11.8. The van der Waals surface area contributed by atoms with Gasteiger partial charge < -0.3 is 14.1 Å². The van der Waals surface area contributed by atoms with Crippen LogP contribution in [0.1, 0.15) is 28.3 Å². The molecule has 0 spiro atoms. The van der Waals surface area contributed by atoms with Crippen molar-refractivity contribution >= 4 is 22.9 Å². The molecule has 6 aromatic carbocycles. The Kier molecular flexibility index (Phi) is 6.53. The van der Waals surface area contributed by atoms with Gasteiger partial charge in [0.15, 0.2) is 17.5 Å². The van der Waals surface area contributed by atoms with Crippen molar-refractivity contribution in [3.05, 3.63) is 179 Å². The summed E-state index contributed by atoms with van der Waals surface area (Å²) in [6.07, 6.45) is 0. The topological polar surface area (TPSA) is 22.9 Å². The molecule has 2 heterocycles. The molecule has 1 N–H and O–H groups in total. The third-order valence-electron chi connectivity index (χ3n) is 9.45. The van der Waals surface area contributed by atoms with Crippen LogP contribution in [0.4, 0.5) is 22.0 Å². The Balaban J connectivity index is 1.53. The maximum Gasteiger partial charge on any atom is 0.562 e. The van der Waals surface area contributed by atoms with Gasteiger partial charge in [-0.25, -0.2) is 22.0 Å². The lowest BCUT2D eigenvalue weighted by molar-refractivity contribution is -0.851. The highest BCUT2D eigenvalue weighted by Crippen LogP contribution is 2.50. The number of quaternary nitrogens is 1. The third kappa shape index (κ3) is 3.91. The van der Waals surface area contributed by atoms with Gasteiger partial charge in [-0.05, 0) is 28.0 Å². The zero-order valence-corrected chi connectivity index (χ0v) is 24.2. The van der Waals surface area contributed by atoms with Crippen LogP contribution in [0.2, 0.25) is 0 Å². The summed E-state index contributed by atoms with van der Waals surface area (Å²) >= 11 is 0. The van der Waals surface area contributed by atoms with E-state index in [1.54, 1.807) is 12.1 Å². The molecule has 3 nitrogen and oxygen atoms in total. The van der Waals surface area contributed by atoms with E-state index < -0.39 is 52.9 Å². The fourth-order valence-corrected chi connectivity index (χ4v) is 7.57. The summed E-state index contributed by atoms with van der Waals surface area (Å²) in [5, 5.41) is 1.76. The summed E-state index contributed by atoms with van der Waals surface area (Å²) in [7, 11) is 0. The van der Waals surface area contributed by atoms with Crippen molar-refractivity contribution in [3.63, 3.8) is 0 Å². The van der Waals surface area contributed by atoms with Crippen molar-refractivity contribution in [1.29, 1.82) is 0 Å². The van der Waals surface area contributed by atoms with Crippen molar-refractivity contribution in [2.75, 3.05) is 0 Å². The molecule has 228 valence electrons. The minimum Gasteiger partial charge on any atom is -0.637 e. The molecule has 2 unspecified atom stereocenters. The van der Waals surface area contributed by atoms with Gasteiger partial charge in [0.1, 0.15) is 23.3 Å². The average molecular weight is 621 g/mol. The molecule has 1 saturated heterocycles. The number of hydrogen-bond donors (Lipinski definition) is 1. The van der Waals surface area contributed by atoms with E-state index in [1.165, 1.54) is 0 Å². The van der Waals surface area contributed by atoms with Crippen molar-refractivity contribution in [3.8, 4) is 5.75 Å². The maximum absolute atomic E-state index is 16.2. The summed E-state index contributed by atoms with van der Waals surface area (Å²) in [6.45, 7) is -3.44. The minimum absolute atomic E-state index is 0.0944. The van der Waals surface area contributed by atoms with Crippen LogP contribution in [-0.4, -0.2) is 6.69 Å². The van der Waals surface area contributed by atoms with Crippen LogP contribution in [0, 0.1) is 29.1 Å². The molecule has 6 aromatic rings. The van der Waals surface area contributed by atoms with Gasteiger partial charge in [0.2, 0.25) is 0 Å². The molecule has 0 amide bonds. The highest BCUT2D eigenvalue weighted by Gasteiger charge is 2.69. The molecule has 46 heavy (non-hydrogen) atoms. The number of nitrogens with one attached hydrogen (secondary N) is 1. The van der Waals surface area contributed by atoms with E-state index >= 15 is 17.6 Å². The second-order valence-electron chi connectivity index (χ2n) is 11.8. The van der Waals surface area contributed by atoms with Crippen LogP contribution >= 0.6 is 0 Å². The van der Waals surface area contributed by atoms with Crippen LogP contribution in [-0.2, 0) is 16.8 Å². The van der Waals surface area contributed by atoms with E-state index in [2.05, 4.69) is 0 Å². The molecule has 0 aromatic heterocycles.